The van der Waals surface area contributed by atoms with Crippen LogP contribution in [0.1, 0.15) is 12.5 Å². The molecule has 1 aromatic carbocycles. The van der Waals surface area contributed by atoms with Gasteiger partial charge < -0.3 is 16.6 Å². The fraction of sp³-hybridized carbons (Fsp3) is 0.222. The minimum absolute atomic E-state index is 0.111. The number of halogens is 1. The van der Waals surface area contributed by atoms with Crippen molar-refractivity contribution in [2.24, 2.45) is 5.73 Å². The summed E-state index contributed by atoms with van der Waals surface area (Å²) >= 11 is 0. The molecule has 5 heteroatoms. The lowest BCUT2D eigenvalue weighted by Gasteiger charge is -2.20. The van der Waals surface area contributed by atoms with E-state index in [1.807, 2.05) is 0 Å². The Bertz CT molecular complexity index is 377. The van der Waals surface area contributed by atoms with Gasteiger partial charge in [-0.1, -0.05) is 12.1 Å². The average molecular weight is 198 g/mol. The molecule has 1 unspecified atom stereocenters. The van der Waals surface area contributed by atoms with Gasteiger partial charge in [0.05, 0.1) is 5.69 Å². The first-order valence-electron chi connectivity index (χ1n) is 3.94. The third-order valence-corrected chi connectivity index (χ3v) is 2.03. The van der Waals surface area contributed by atoms with Crippen molar-refractivity contribution in [3.8, 4) is 0 Å². The normalized spacial score (nSPS) is 14.8. The van der Waals surface area contributed by atoms with Crippen LogP contribution in [0.25, 0.3) is 0 Å². The van der Waals surface area contributed by atoms with Crippen molar-refractivity contribution in [1.29, 1.82) is 0 Å². The van der Waals surface area contributed by atoms with Crippen LogP contribution in [0.15, 0.2) is 18.2 Å². The molecule has 0 amide bonds. The fourth-order valence-electron chi connectivity index (χ4n) is 1.07. The van der Waals surface area contributed by atoms with Gasteiger partial charge in [-0.2, -0.15) is 0 Å². The van der Waals surface area contributed by atoms with E-state index in [0.29, 0.717) is 0 Å². The largest absolute Gasteiger partial charge is 0.480 e. The lowest BCUT2D eigenvalue weighted by molar-refractivity contribution is -0.143. The number of rotatable bonds is 2. The predicted molar refractivity (Wildman–Crippen MR) is 50.0 cm³/mol. The summed E-state index contributed by atoms with van der Waals surface area (Å²) in [5, 5.41) is 8.78. The highest BCUT2D eigenvalue weighted by molar-refractivity contribution is 5.80. The number of carbonyl (C=O) groups is 1. The topological polar surface area (TPSA) is 89.3 Å². The molecule has 0 heterocycles. The molecular weight excluding hydrogens is 187 g/mol. The van der Waals surface area contributed by atoms with Crippen LogP contribution in [0.3, 0.4) is 0 Å². The summed E-state index contributed by atoms with van der Waals surface area (Å²) in [7, 11) is 0. The molecule has 0 radical (unpaired) electrons. The first-order chi connectivity index (χ1) is 6.37. The fourth-order valence-corrected chi connectivity index (χ4v) is 1.07. The predicted octanol–water partition coefficient (Wildman–Crippen LogP) is 0.666. The van der Waals surface area contributed by atoms with Crippen molar-refractivity contribution in [3.63, 3.8) is 0 Å². The monoisotopic (exact) mass is 198 g/mol. The Morgan fingerprint density at radius 3 is 2.64 bits per heavy atom. The molecule has 0 fully saturated rings. The van der Waals surface area contributed by atoms with E-state index in [4.69, 9.17) is 16.6 Å². The SMILES string of the molecule is CC(N)(C(=O)O)c1cccc(N)c1F. The standard InChI is InChI=1S/C9H11FN2O2/c1-9(12,8(13)14)5-3-2-4-6(11)7(5)10/h2-4H,11-12H2,1H3,(H,13,14). The van der Waals surface area contributed by atoms with Gasteiger partial charge >= 0.3 is 5.97 Å². The summed E-state index contributed by atoms with van der Waals surface area (Å²) in [6.07, 6.45) is 0. The maximum atomic E-state index is 13.4. The van der Waals surface area contributed by atoms with Crippen molar-refractivity contribution in [3.05, 3.63) is 29.6 Å². The molecule has 1 rings (SSSR count). The molecule has 0 aliphatic heterocycles. The highest BCUT2D eigenvalue weighted by Gasteiger charge is 2.33. The van der Waals surface area contributed by atoms with Gasteiger partial charge in [-0.25, -0.2) is 9.18 Å². The van der Waals surface area contributed by atoms with Crippen molar-refractivity contribution in [2.75, 3.05) is 5.73 Å². The van der Waals surface area contributed by atoms with E-state index >= 15 is 0 Å². The van der Waals surface area contributed by atoms with Gasteiger partial charge in [0, 0.05) is 5.56 Å². The minimum Gasteiger partial charge on any atom is -0.480 e. The van der Waals surface area contributed by atoms with Crippen molar-refractivity contribution < 1.29 is 14.3 Å². The molecule has 5 N–H and O–H groups in total. The number of hydrogen-bond donors (Lipinski definition) is 3. The molecule has 1 aromatic rings. The van der Waals surface area contributed by atoms with E-state index < -0.39 is 17.3 Å². The van der Waals surface area contributed by atoms with Crippen LogP contribution in [0.5, 0.6) is 0 Å². The Balaban J connectivity index is 3.33. The molecule has 0 saturated heterocycles. The molecule has 0 aromatic heterocycles. The second-order valence-corrected chi connectivity index (χ2v) is 3.22. The van der Waals surface area contributed by atoms with E-state index in [-0.39, 0.29) is 11.3 Å². The Hall–Kier alpha value is -1.62. The summed E-state index contributed by atoms with van der Waals surface area (Å²) in [6, 6.07) is 4.11. The number of hydrogen-bond acceptors (Lipinski definition) is 3. The molecule has 76 valence electrons. The molecule has 14 heavy (non-hydrogen) atoms. The molecule has 0 aliphatic rings. The zero-order valence-corrected chi connectivity index (χ0v) is 7.62. The zero-order chi connectivity index (χ0) is 10.9. The molecular formula is C9H11FN2O2. The number of nitrogens with two attached hydrogens (primary N) is 2. The van der Waals surface area contributed by atoms with Gasteiger partial charge in [0.2, 0.25) is 0 Å². The summed E-state index contributed by atoms with van der Waals surface area (Å²) in [4.78, 5) is 10.8. The summed E-state index contributed by atoms with van der Waals surface area (Å²) in [6.45, 7) is 1.22. The molecule has 0 spiro atoms. The second kappa shape index (κ2) is 3.26. The number of carboxylic acids is 1. The zero-order valence-electron chi connectivity index (χ0n) is 7.62. The van der Waals surface area contributed by atoms with Gasteiger partial charge in [0.1, 0.15) is 5.54 Å². The van der Waals surface area contributed by atoms with Gasteiger partial charge in [0.25, 0.3) is 0 Å². The average Bonchev–Trinajstić information content (AvgIpc) is 2.09. The molecule has 0 aliphatic carbocycles. The highest BCUT2D eigenvalue weighted by atomic mass is 19.1. The Kier molecular flexibility index (Phi) is 2.44. The molecule has 0 saturated carbocycles. The maximum absolute atomic E-state index is 13.4. The first-order valence-corrected chi connectivity index (χ1v) is 3.94. The van der Waals surface area contributed by atoms with Crippen LogP contribution >= 0.6 is 0 Å². The van der Waals surface area contributed by atoms with E-state index in [2.05, 4.69) is 0 Å². The van der Waals surface area contributed by atoms with E-state index in [0.717, 1.165) is 0 Å². The Morgan fingerprint density at radius 2 is 2.14 bits per heavy atom. The molecule has 4 nitrogen and oxygen atoms in total. The van der Waals surface area contributed by atoms with Crippen molar-refractivity contribution in [1.82, 2.24) is 0 Å². The van der Waals surface area contributed by atoms with E-state index in [9.17, 15) is 9.18 Å². The van der Waals surface area contributed by atoms with Gasteiger partial charge in [-0.05, 0) is 13.0 Å². The first kappa shape index (κ1) is 10.5. The van der Waals surface area contributed by atoms with Crippen molar-refractivity contribution >= 4 is 11.7 Å². The smallest absolute Gasteiger partial charge is 0.328 e. The number of carboxylic acid groups (broad SMARTS) is 1. The number of anilines is 1. The maximum Gasteiger partial charge on any atom is 0.328 e. The third kappa shape index (κ3) is 1.54. The highest BCUT2D eigenvalue weighted by Crippen LogP contribution is 2.24. The number of aliphatic carboxylic acids is 1. The third-order valence-electron chi connectivity index (χ3n) is 2.03. The summed E-state index contributed by atoms with van der Waals surface area (Å²) in [5.74, 6) is -2.08. The van der Waals surface area contributed by atoms with Crippen LogP contribution < -0.4 is 11.5 Å². The molecule has 1 atom stereocenters. The van der Waals surface area contributed by atoms with Crippen LogP contribution in [0, 0.1) is 5.82 Å². The van der Waals surface area contributed by atoms with Gasteiger partial charge in [-0.15, -0.1) is 0 Å². The van der Waals surface area contributed by atoms with Crippen molar-refractivity contribution in [2.45, 2.75) is 12.5 Å². The summed E-state index contributed by atoms with van der Waals surface area (Å²) < 4.78 is 13.4. The van der Waals surface area contributed by atoms with Gasteiger partial charge in [0.15, 0.2) is 5.82 Å². The Labute approximate surface area is 80.3 Å². The van der Waals surface area contributed by atoms with E-state index in [1.54, 1.807) is 0 Å². The number of nitrogen functional groups attached to an aromatic ring is 1. The van der Waals surface area contributed by atoms with Crippen LogP contribution in [0.2, 0.25) is 0 Å². The van der Waals surface area contributed by atoms with Gasteiger partial charge in [-0.3, -0.25) is 0 Å². The van der Waals surface area contributed by atoms with E-state index in [1.165, 1.54) is 25.1 Å². The van der Waals surface area contributed by atoms with Crippen LogP contribution in [-0.2, 0) is 10.3 Å². The Morgan fingerprint density at radius 1 is 1.57 bits per heavy atom. The van der Waals surface area contributed by atoms with Crippen LogP contribution in [0.4, 0.5) is 10.1 Å². The number of benzene rings is 1. The summed E-state index contributed by atoms with van der Waals surface area (Å²) in [5.41, 5.74) is 8.75. The van der Waals surface area contributed by atoms with Crippen LogP contribution in [-0.4, -0.2) is 11.1 Å². The minimum atomic E-state index is -1.76. The molecule has 0 bridgehead atoms. The quantitative estimate of drug-likeness (QED) is 0.609. The second-order valence-electron chi connectivity index (χ2n) is 3.22. The lowest BCUT2D eigenvalue weighted by Crippen LogP contribution is -2.42. The lowest BCUT2D eigenvalue weighted by atomic mass is 9.92.